The van der Waals surface area contributed by atoms with Gasteiger partial charge in [-0.3, -0.25) is 0 Å². The zero-order valence-electron chi connectivity index (χ0n) is 8.52. The van der Waals surface area contributed by atoms with Gasteiger partial charge in [0.2, 0.25) is 0 Å². The Labute approximate surface area is 75.6 Å². The minimum absolute atomic E-state index is 0.757. The van der Waals surface area contributed by atoms with Gasteiger partial charge < -0.3 is 0 Å². The summed E-state index contributed by atoms with van der Waals surface area (Å²) in [7, 11) is 0. The van der Waals surface area contributed by atoms with Gasteiger partial charge in [-0.05, 0) is 42.9 Å². The molecule has 12 heavy (non-hydrogen) atoms. The van der Waals surface area contributed by atoms with Crippen molar-refractivity contribution in [3.63, 3.8) is 0 Å². The number of rotatable bonds is 2. The van der Waals surface area contributed by atoms with Crippen LogP contribution < -0.4 is 0 Å². The Hall–Kier alpha value is -0.780. The summed E-state index contributed by atoms with van der Waals surface area (Å²) in [5.41, 5.74) is 4.27. The van der Waals surface area contributed by atoms with Gasteiger partial charge in [0.05, 0.1) is 0 Å². The molecule has 0 amide bonds. The van der Waals surface area contributed by atoms with Crippen molar-refractivity contribution in [1.82, 2.24) is 0 Å². The first-order valence-corrected chi connectivity index (χ1v) is 4.65. The van der Waals surface area contributed by atoms with E-state index in [4.69, 9.17) is 0 Å². The minimum Gasteiger partial charge on any atom is -0.0625 e. The maximum Gasteiger partial charge on any atom is -0.0256 e. The highest BCUT2D eigenvalue weighted by molar-refractivity contribution is 5.29. The van der Waals surface area contributed by atoms with Crippen molar-refractivity contribution in [3.8, 4) is 0 Å². The Morgan fingerprint density at radius 2 is 1.75 bits per heavy atom. The van der Waals surface area contributed by atoms with Gasteiger partial charge >= 0.3 is 0 Å². The normalized spacial score (nSPS) is 10.8. The van der Waals surface area contributed by atoms with Crippen LogP contribution in [0.3, 0.4) is 0 Å². The standard InChI is InChI=1S/C12H18/c1-9(2)7-12-6-5-10(3)11(4)8-12/h5-6,8-9H,7H2,1-4H3. The number of aryl methyl sites for hydroxylation is 2. The smallest absolute Gasteiger partial charge is 0.0256 e. The van der Waals surface area contributed by atoms with Gasteiger partial charge in [0.1, 0.15) is 0 Å². The van der Waals surface area contributed by atoms with Gasteiger partial charge in [-0.1, -0.05) is 32.0 Å². The lowest BCUT2D eigenvalue weighted by Crippen LogP contribution is -1.94. The minimum atomic E-state index is 0.757. The molecule has 1 aromatic carbocycles. The topological polar surface area (TPSA) is 0 Å². The molecular weight excluding hydrogens is 144 g/mol. The first-order chi connectivity index (χ1) is 5.59. The summed E-state index contributed by atoms with van der Waals surface area (Å²) in [4.78, 5) is 0. The molecule has 0 heterocycles. The highest BCUT2D eigenvalue weighted by Gasteiger charge is 1.98. The van der Waals surface area contributed by atoms with Crippen LogP contribution in [-0.2, 0) is 6.42 Å². The molecule has 0 saturated carbocycles. The number of benzene rings is 1. The van der Waals surface area contributed by atoms with Crippen LogP contribution >= 0.6 is 0 Å². The molecule has 0 aromatic heterocycles. The lowest BCUT2D eigenvalue weighted by atomic mass is 9.99. The van der Waals surface area contributed by atoms with Gasteiger partial charge in [-0.25, -0.2) is 0 Å². The first kappa shape index (κ1) is 9.31. The van der Waals surface area contributed by atoms with Gasteiger partial charge in [0.15, 0.2) is 0 Å². The third-order valence-electron chi connectivity index (χ3n) is 2.22. The van der Waals surface area contributed by atoms with Crippen LogP contribution in [0.25, 0.3) is 0 Å². The largest absolute Gasteiger partial charge is 0.0625 e. The summed E-state index contributed by atoms with van der Waals surface area (Å²) in [5.74, 6) is 0.757. The fourth-order valence-corrected chi connectivity index (χ4v) is 1.40. The molecule has 1 rings (SSSR count). The van der Waals surface area contributed by atoms with Crippen molar-refractivity contribution >= 4 is 0 Å². The molecule has 0 atom stereocenters. The van der Waals surface area contributed by atoms with Crippen LogP contribution in [0.1, 0.15) is 30.5 Å². The average Bonchev–Trinajstić information content (AvgIpc) is 1.96. The third-order valence-corrected chi connectivity index (χ3v) is 2.22. The van der Waals surface area contributed by atoms with E-state index in [9.17, 15) is 0 Å². The quantitative estimate of drug-likeness (QED) is 0.624. The van der Waals surface area contributed by atoms with Gasteiger partial charge in [-0.15, -0.1) is 0 Å². The summed E-state index contributed by atoms with van der Waals surface area (Å²) in [6.45, 7) is 8.86. The van der Waals surface area contributed by atoms with E-state index in [1.165, 1.54) is 23.1 Å². The Morgan fingerprint density at radius 3 is 2.25 bits per heavy atom. The van der Waals surface area contributed by atoms with Crippen LogP contribution in [0.4, 0.5) is 0 Å². The van der Waals surface area contributed by atoms with Crippen LogP contribution in [0.5, 0.6) is 0 Å². The van der Waals surface area contributed by atoms with Gasteiger partial charge in [-0.2, -0.15) is 0 Å². The molecule has 0 N–H and O–H groups in total. The van der Waals surface area contributed by atoms with E-state index < -0.39 is 0 Å². The summed E-state index contributed by atoms with van der Waals surface area (Å²) >= 11 is 0. The highest BCUT2D eigenvalue weighted by atomic mass is 14.0. The van der Waals surface area contributed by atoms with Gasteiger partial charge in [0, 0.05) is 0 Å². The second-order valence-electron chi connectivity index (χ2n) is 4.02. The SMILES string of the molecule is Cc1ccc(CC(C)C)cc1C. The number of hydrogen-bond donors (Lipinski definition) is 0. The van der Waals surface area contributed by atoms with Crippen molar-refractivity contribution in [2.24, 2.45) is 5.92 Å². The monoisotopic (exact) mass is 162 g/mol. The van der Waals surface area contributed by atoms with Crippen LogP contribution in [0, 0.1) is 19.8 Å². The molecule has 0 nitrogen and oxygen atoms in total. The lowest BCUT2D eigenvalue weighted by molar-refractivity contribution is 0.647. The summed E-state index contributed by atoms with van der Waals surface area (Å²) < 4.78 is 0. The van der Waals surface area contributed by atoms with Crippen LogP contribution in [-0.4, -0.2) is 0 Å². The fraction of sp³-hybridized carbons (Fsp3) is 0.500. The molecule has 0 radical (unpaired) electrons. The maximum absolute atomic E-state index is 2.30. The summed E-state index contributed by atoms with van der Waals surface area (Å²) in [6.07, 6.45) is 1.20. The Bertz CT molecular complexity index is 259. The van der Waals surface area contributed by atoms with Crippen molar-refractivity contribution in [2.75, 3.05) is 0 Å². The van der Waals surface area contributed by atoms with E-state index in [0.29, 0.717) is 0 Å². The Balaban J connectivity index is 2.82. The summed E-state index contributed by atoms with van der Waals surface area (Å²) in [6, 6.07) is 6.75. The van der Waals surface area contributed by atoms with Crippen molar-refractivity contribution in [1.29, 1.82) is 0 Å². The van der Waals surface area contributed by atoms with E-state index in [2.05, 4.69) is 45.9 Å². The molecule has 1 aromatic rings. The molecule has 0 aliphatic rings. The molecule has 0 aliphatic heterocycles. The Morgan fingerprint density at radius 1 is 1.08 bits per heavy atom. The van der Waals surface area contributed by atoms with Crippen molar-refractivity contribution < 1.29 is 0 Å². The second kappa shape index (κ2) is 3.75. The highest BCUT2D eigenvalue weighted by Crippen LogP contribution is 2.13. The molecule has 66 valence electrons. The molecule has 0 aliphatic carbocycles. The Kier molecular flexibility index (Phi) is 2.91. The summed E-state index contributed by atoms with van der Waals surface area (Å²) in [5, 5.41) is 0. The first-order valence-electron chi connectivity index (χ1n) is 4.65. The van der Waals surface area contributed by atoms with E-state index in [1.54, 1.807) is 0 Å². The van der Waals surface area contributed by atoms with Crippen molar-refractivity contribution in [2.45, 2.75) is 34.1 Å². The van der Waals surface area contributed by atoms with E-state index in [1.807, 2.05) is 0 Å². The third kappa shape index (κ3) is 2.37. The molecular formula is C12H18. The average molecular weight is 162 g/mol. The lowest BCUT2D eigenvalue weighted by Gasteiger charge is -2.07. The van der Waals surface area contributed by atoms with Crippen LogP contribution in [0.2, 0.25) is 0 Å². The predicted octanol–water partition coefficient (Wildman–Crippen LogP) is 3.50. The maximum atomic E-state index is 2.30. The fourth-order valence-electron chi connectivity index (χ4n) is 1.40. The predicted molar refractivity (Wildman–Crippen MR) is 54.5 cm³/mol. The molecule has 0 bridgehead atoms. The number of hydrogen-bond acceptors (Lipinski definition) is 0. The zero-order chi connectivity index (χ0) is 9.14. The van der Waals surface area contributed by atoms with Crippen LogP contribution in [0.15, 0.2) is 18.2 Å². The van der Waals surface area contributed by atoms with E-state index in [-0.39, 0.29) is 0 Å². The second-order valence-corrected chi connectivity index (χ2v) is 4.02. The molecule has 0 heteroatoms. The van der Waals surface area contributed by atoms with E-state index in [0.717, 1.165) is 5.92 Å². The molecule has 0 spiro atoms. The van der Waals surface area contributed by atoms with Gasteiger partial charge in [0.25, 0.3) is 0 Å². The van der Waals surface area contributed by atoms with Crippen molar-refractivity contribution in [3.05, 3.63) is 34.9 Å². The molecule has 0 fully saturated rings. The molecule has 0 saturated heterocycles. The van der Waals surface area contributed by atoms with E-state index >= 15 is 0 Å². The molecule has 0 unspecified atom stereocenters. The zero-order valence-corrected chi connectivity index (χ0v) is 8.52.